The summed E-state index contributed by atoms with van der Waals surface area (Å²) in [7, 11) is 0. The Hall–Kier alpha value is -0.890. The number of benzene rings is 1. The van der Waals surface area contributed by atoms with Gasteiger partial charge in [0.2, 0.25) is 0 Å². The maximum Gasteiger partial charge on any atom is 0.126 e. The minimum Gasteiger partial charge on any atom is -0.314 e. The lowest BCUT2D eigenvalue weighted by atomic mass is 10.1. The molecule has 0 bridgehead atoms. The van der Waals surface area contributed by atoms with Gasteiger partial charge in [-0.2, -0.15) is 0 Å². The van der Waals surface area contributed by atoms with Crippen molar-refractivity contribution in [2.24, 2.45) is 0 Å². The van der Waals surface area contributed by atoms with E-state index in [0.29, 0.717) is 0 Å². The first-order valence-corrected chi connectivity index (χ1v) is 7.24. The Balaban J connectivity index is 1.61. The predicted molar refractivity (Wildman–Crippen MR) is 74.3 cm³/mol. The number of unbranched alkanes of at least 4 members (excludes halogenated alkanes) is 1. The molecule has 2 heteroatoms. The molecule has 1 aromatic rings. The van der Waals surface area contributed by atoms with Crippen LogP contribution in [0.1, 0.15) is 49.7 Å². The van der Waals surface area contributed by atoms with Crippen molar-refractivity contribution in [3.8, 4) is 0 Å². The van der Waals surface area contributed by atoms with Crippen molar-refractivity contribution in [1.82, 2.24) is 5.32 Å². The SMILES string of the molecule is Cc1cc(CCCCNC2CCCC2)ccc1F. The van der Waals surface area contributed by atoms with E-state index < -0.39 is 0 Å². The standard InChI is InChI=1S/C16H24FN/c1-13-12-14(9-10-16(13)17)6-4-5-11-18-15-7-2-3-8-15/h9-10,12,15,18H,2-8,11H2,1H3. The second-order valence-electron chi connectivity index (χ2n) is 5.48. The molecule has 0 aliphatic heterocycles. The first kappa shape index (κ1) is 13.5. The average molecular weight is 249 g/mol. The fraction of sp³-hybridized carbons (Fsp3) is 0.625. The van der Waals surface area contributed by atoms with Crippen LogP contribution in [0.15, 0.2) is 18.2 Å². The topological polar surface area (TPSA) is 12.0 Å². The molecule has 0 saturated heterocycles. The van der Waals surface area contributed by atoms with Crippen molar-refractivity contribution in [2.45, 2.75) is 57.9 Å². The third-order valence-electron chi connectivity index (χ3n) is 3.90. The third kappa shape index (κ3) is 4.09. The normalized spacial score (nSPS) is 16.3. The zero-order valence-corrected chi connectivity index (χ0v) is 11.3. The van der Waals surface area contributed by atoms with E-state index in [1.54, 1.807) is 6.07 Å². The highest BCUT2D eigenvalue weighted by atomic mass is 19.1. The Labute approximate surface area is 110 Å². The van der Waals surface area contributed by atoms with Gasteiger partial charge in [-0.05, 0) is 62.8 Å². The molecule has 1 fully saturated rings. The summed E-state index contributed by atoms with van der Waals surface area (Å²) in [5.74, 6) is -0.0957. The highest BCUT2D eigenvalue weighted by Gasteiger charge is 2.13. The van der Waals surface area contributed by atoms with E-state index in [9.17, 15) is 4.39 Å². The number of rotatable bonds is 6. The van der Waals surface area contributed by atoms with Crippen molar-refractivity contribution in [2.75, 3.05) is 6.54 Å². The van der Waals surface area contributed by atoms with E-state index in [2.05, 4.69) is 5.32 Å². The Morgan fingerprint density at radius 1 is 1.22 bits per heavy atom. The van der Waals surface area contributed by atoms with Gasteiger partial charge in [0, 0.05) is 6.04 Å². The Morgan fingerprint density at radius 3 is 2.72 bits per heavy atom. The van der Waals surface area contributed by atoms with Crippen molar-refractivity contribution in [3.63, 3.8) is 0 Å². The molecule has 1 saturated carbocycles. The van der Waals surface area contributed by atoms with E-state index in [1.807, 2.05) is 19.1 Å². The van der Waals surface area contributed by atoms with Crippen LogP contribution in [0.3, 0.4) is 0 Å². The number of aryl methyl sites for hydroxylation is 2. The van der Waals surface area contributed by atoms with Crippen LogP contribution in [0.4, 0.5) is 4.39 Å². The third-order valence-corrected chi connectivity index (χ3v) is 3.90. The molecule has 1 aliphatic rings. The summed E-state index contributed by atoms with van der Waals surface area (Å²) in [6, 6.07) is 6.24. The molecule has 1 N–H and O–H groups in total. The van der Waals surface area contributed by atoms with Crippen molar-refractivity contribution < 1.29 is 4.39 Å². The first-order valence-electron chi connectivity index (χ1n) is 7.24. The van der Waals surface area contributed by atoms with Crippen molar-refractivity contribution in [1.29, 1.82) is 0 Å². The van der Waals surface area contributed by atoms with Gasteiger partial charge in [-0.1, -0.05) is 25.0 Å². The summed E-state index contributed by atoms with van der Waals surface area (Å²) in [5, 5.41) is 3.63. The van der Waals surface area contributed by atoms with Gasteiger partial charge in [0.15, 0.2) is 0 Å². The summed E-state index contributed by atoms with van der Waals surface area (Å²) in [6.07, 6.45) is 8.97. The van der Waals surface area contributed by atoms with E-state index >= 15 is 0 Å². The van der Waals surface area contributed by atoms with Crippen LogP contribution < -0.4 is 5.32 Å². The quantitative estimate of drug-likeness (QED) is 0.752. The number of hydrogen-bond donors (Lipinski definition) is 1. The molecule has 0 spiro atoms. The van der Waals surface area contributed by atoms with Crippen LogP contribution in [-0.4, -0.2) is 12.6 Å². The Morgan fingerprint density at radius 2 is 2.00 bits per heavy atom. The van der Waals surface area contributed by atoms with Gasteiger partial charge in [0.05, 0.1) is 0 Å². The van der Waals surface area contributed by atoms with Crippen LogP contribution in [0, 0.1) is 12.7 Å². The predicted octanol–water partition coefficient (Wildman–Crippen LogP) is 3.99. The minimum atomic E-state index is -0.0957. The van der Waals surface area contributed by atoms with Crippen LogP contribution in [0.25, 0.3) is 0 Å². The van der Waals surface area contributed by atoms with Gasteiger partial charge >= 0.3 is 0 Å². The summed E-state index contributed by atoms with van der Waals surface area (Å²) in [5.41, 5.74) is 2.02. The molecule has 1 aromatic carbocycles. The molecular weight excluding hydrogens is 225 g/mol. The average Bonchev–Trinajstić information content (AvgIpc) is 2.86. The molecule has 0 atom stereocenters. The van der Waals surface area contributed by atoms with Gasteiger partial charge in [-0.3, -0.25) is 0 Å². The summed E-state index contributed by atoms with van der Waals surface area (Å²) in [4.78, 5) is 0. The lowest BCUT2D eigenvalue weighted by Gasteiger charge is -2.11. The van der Waals surface area contributed by atoms with Crippen LogP contribution in [-0.2, 0) is 6.42 Å². The highest BCUT2D eigenvalue weighted by molar-refractivity contribution is 5.23. The Kier molecular flexibility index (Phi) is 5.18. The van der Waals surface area contributed by atoms with Gasteiger partial charge in [0.1, 0.15) is 5.82 Å². The number of nitrogens with one attached hydrogen (secondary N) is 1. The van der Waals surface area contributed by atoms with E-state index in [0.717, 1.165) is 24.6 Å². The molecular formula is C16H24FN. The molecule has 0 aromatic heterocycles. The lowest BCUT2D eigenvalue weighted by molar-refractivity contribution is 0.508. The summed E-state index contributed by atoms with van der Waals surface area (Å²) < 4.78 is 13.1. The number of halogens is 1. The molecule has 1 nitrogen and oxygen atoms in total. The van der Waals surface area contributed by atoms with E-state index in [1.165, 1.54) is 44.1 Å². The van der Waals surface area contributed by atoms with E-state index in [-0.39, 0.29) is 5.82 Å². The maximum atomic E-state index is 13.1. The first-order chi connectivity index (χ1) is 8.75. The van der Waals surface area contributed by atoms with Crippen molar-refractivity contribution in [3.05, 3.63) is 35.1 Å². The summed E-state index contributed by atoms with van der Waals surface area (Å²) in [6.45, 7) is 2.96. The van der Waals surface area contributed by atoms with Gasteiger partial charge in [0.25, 0.3) is 0 Å². The largest absolute Gasteiger partial charge is 0.314 e. The molecule has 18 heavy (non-hydrogen) atoms. The molecule has 0 unspecified atom stereocenters. The minimum absolute atomic E-state index is 0.0957. The monoisotopic (exact) mass is 249 g/mol. The number of hydrogen-bond acceptors (Lipinski definition) is 1. The molecule has 0 amide bonds. The second-order valence-corrected chi connectivity index (χ2v) is 5.48. The fourth-order valence-corrected chi connectivity index (χ4v) is 2.75. The zero-order chi connectivity index (χ0) is 12.8. The van der Waals surface area contributed by atoms with Gasteiger partial charge in [-0.15, -0.1) is 0 Å². The summed E-state index contributed by atoms with van der Waals surface area (Å²) >= 11 is 0. The zero-order valence-electron chi connectivity index (χ0n) is 11.3. The molecule has 100 valence electrons. The van der Waals surface area contributed by atoms with Gasteiger partial charge in [-0.25, -0.2) is 4.39 Å². The van der Waals surface area contributed by atoms with Gasteiger partial charge < -0.3 is 5.32 Å². The molecule has 1 aliphatic carbocycles. The second kappa shape index (κ2) is 6.89. The van der Waals surface area contributed by atoms with Crippen LogP contribution in [0.2, 0.25) is 0 Å². The fourth-order valence-electron chi connectivity index (χ4n) is 2.75. The van der Waals surface area contributed by atoms with Crippen molar-refractivity contribution >= 4 is 0 Å². The maximum absolute atomic E-state index is 13.1. The van der Waals surface area contributed by atoms with Crippen LogP contribution in [0.5, 0.6) is 0 Å². The Bertz CT molecular complexity index is 369. The highest BCUT2D eigenvalue weighted by Crippen LogP contribution is 2.17. The smallest absolute Gasteiger partial charge is 0.126 e. The van der Waals surface area contributed by atoms with E-state index in [4.69, 9.17) is 0 Å². The molecule has 0 radical (unpaired) electrons. The lowest BCUT2D eigenvalue weighted by Crippen LogP contribution is -2.26. The molecule has 2 rings (SSSR count). The molecule has 0 heterocycles. The van der Waals surface area contributed by atoms with Crippen LogP contribution >= 0.6 is 0 Å².